The summed E-state index contributed by atoms with van der Waals surface area (Å²) >= 11 is 0. The molecule has 0 fully saturated rings. The van der Waals surface area contributed by atoms with Crippen molar-refractivity contribution in [3.63, 3.8) is 0 Å². The fourth-order valence-corrected chi connectivity index (χ4v) is 1.72. The van der Waals surface area contributed by atoms with E-state index >= 15 is 0 Å². The van der Waals surface area contributed by atoms with Gasteiger partial charge in [0.05, 0.1) is 6.10 Å². The van der Waals surface area contributed by atoms with Crippen LogP contribution in [0.25, 0.3) is 0 Å². The number of rotatable bonds is 5. The van der Waals surface area contributed by atoms with Crippen molar-refractivity contribution in [1.82, 2.24) is 4.98 Å². The van der Waals surface area contributed by atoms with E-state index in [1.165, 1.54) is 12.3 Å². The number of pyridine rings is 1. The van der Waals surface area contributed by atoms with Crippen molar-refractivity contribution >= 4 is 11.6 Å². The molecule has 1 amide bonds. The molecule has 110 valence electrons. The first-order valence-corrected chi connectivity index (χ1v) is 6.82. The van der Waals surface area contributed by atoms with E-state index in [9.17, 15) is 9.90 Å². The quantitative estimate of drug-likeness (QED) is 0.885. The van der Waals surface area contributed by atoms with E-state index in [4.69, 9.17) is 4.74 Å². The molecule has 0 saturated heterocycles. The zero-order valence-electron chi connectivity index (χ0n) is 12.0. The minimum atomic E-state index is -0.464. The third-order valence-corrected chi connectivity index (χ3v) is 3.01. The van der Waals surface area contributed by atoms with Crippen molar-refractivity contribution in [3.05, 3.63) is 48.3 Å². The van der Waals surface area contributed by atoms with Crippen molar-refractivity contribution in [1.29, 1.82) is 0 Å². The Balaban J connectivity index is 2.11. The Bertz CT molecular complexity index is 628. The number of carbonyl (C=O) groups excluding carboxylic acids is 1. The number of ether oxygens (including phenoxy) is 1. The zero-order chi connectivity index (χ0) is 15.2. The van der Waals surface area contributed by atoms with Crippen LogP contribution < -0.4 is 10.1 Å². The van der Waals surface area contributed by atoms with Gasteiger partial charge in [-0.15, -0.1) is 0 Å². The molecule has 0 aliphatic rings. The molecule has 5 heteroatoms. The Hall–Kier alpha value is -2.56. The molecule has 1 heterocycles. The third-order valence-electron chi connectivity index (χ3n) is 3.01. The maximum atomic E-state index is 12.1. The minimum Gasteiger partial charge on any atom is -0.505 e. The van der Waals surface area contributed by atoms with Gasteiger partial charge in [0.15, 0.2) is 5.69 Å². The fraction of sp³-hybridized carbons (Fsp3) is 0.250. The largest absolute Gasteiger partial charge is 0.505 e. The van der Waals surface area contributed by atoms with E-state index in [1.807, 2.05) is 19.9 Å². The van der Waals surface area contributed by atoms with E-state index in [1.54, 1.807) is 24.3 Å². The Morgan fingerprint density at radius 1 is 1.38 bits per heavy atom. The van der Waals surface area contributed by atoms with E-state index in [0.717, 1.165) is 6.42 Å². The molecule has 0 spiro atoms. The predicted molar refractivity (Wildman–Crippen MR) is 80.7 cm³/mol. The lowest BCUT2D eigenvalue weighted by molar-refractivity contribution is 0.101. The molecular weight excluding hydrogens is 268 g/mol. The van der Waals surface area contributed by atoms with Crippen LogP contribution in [0.5, 0.6) is 11.5 Å². The summed E-state index contributed by atoms with van der Waals surface area (Å²) < 4.78 is 5.70. The van der Waals surface area contributed by atoms with Crippen LogP contribution in [0.4, 0.5) is 5.69 Å². The zero-order valence-corrected chi connectivity index (χ0v) is 12.0. The first-order chi connectivity index (χ1) is 10.1. The monoisotopic (exact) mass is 286 g/mol. The molecular formula is C16H18N2O3. The fourth-order valence-electron chi connectivity index (χ4n) is 1.72. The van der Waals surface area contributed by atoms with Crippen LogP contribution in [-0.2, 0) is 0 Å². The van der Waals surface area contributed by atoms with E-state index in [2.05, 4.69) is 10.3 Å². The number of aromatic nitrogens is 1. The maximum absolute atomic E-state index is 12.1. The highest BCUT2D eigenvalue weighted by Crippen LogP contribution is 2.21. The van der Waals surface area contributed by atoms with Crippen LogP contribution in [0.15, 0.2) is 42.6 Å². The second kappa shape index (κ2) is 6.74. The average molecular weight is 286 g/mol. The van der Waals surface area contributed by atoms with E-state index < -0.39 is 5.91 Å². The molecule has 1 unspecified atom stereocenters. The first-order valence-electron chi connectivity index (χ1n) is 6.82. The summed E-state index contributed by atoms with van der Waals surface area (Å²) in [6.07, 6.45) is 2.46. The van der Waals surface area contributed by atoms with Crippen molar-refractivity contribution in [2.75, 3.05) is 5.32 Å². The molecule has 21 heavy (non-hydrogen) atoms. The summed E-state index contributed by atoms with van der Waals surface area (Å²) in [5.74, 6) is 0.0724. The molecule has 0 aliphatic heterocycles. The van der Waals surface area contributed by atoms with Gasteiger partial charge in [0.2, 0.25) is 0 Å². The number of nitrogens with one attached hydrogen (secondary N) is 1. The molecule has 2 aromatic rings. The number of aromatic hydroxyl groups is 1. The summed E-state index contributed by atoms with van der Waals surface area (Å²) in [4.78, 5) is 15.9. The van der Waals surface area contributed by atoms with Gasteiger partial charge < -0.3 is 15.2 Å². The van der Waals surface area contributed by atoms with E-state index in [-0.39, 0.29) is 17.5 Å². The van der Waals surface area contributed by atoms with Crippen molar-refractivity contribution in [3.8, 4) is 11.5 Å². The van der Waals surface area contributed by atoms with Gasteiger partial charge >= 0.3 is 0 Å². The number of amides is 1. The van der Waals surface area contributed by atoms with Crippen LogP contribution in [0.1, 0.15) is 30.8 Å². The van der Waals surface area contributed by atoms with Crippen LogP contribution >= 0.6 is 0 Å². The van der Waals surface area contributed by atoms with Crippen molar-refractivity contribution < 1.29 is 14.6 Å². The first kappa shape index (κ1) is 14.8. The SMILES string of the molecule is CCC(C)Oc1cccc(NC(=O)c2ncccc2O)c1. The van der Waals surface area contributed by atoms with Crippen LogP contribution in [-0.4, -0.2) is 22.1 Å². The molecule has 1 aromatic heterocycles. The molecule has 0 saturated carbocycles. The van der Waals surface area contributed by atoms with Crippen molar-refractivity contribution in [2.45, 2.75) is 26.4 Å². The van der Waals surface area contributed by atoms with Gasteiger partial charge in [-0.2, -0.15) is 0 Å². The second-order valence-electron chi connectivity index (χ2n) is 4.69. The molecule has 0 radical (unpaired) electrons. The van der Waals surface area contributed by atoms with Gasteiger partial charge in [-0.25, -0.2) is 4.98 Å². The Kier molecular flexibility index (Phi) is 4.77. The highest BCUT2D eigenvalue weighted by molar-refractivity contribution is 6.04. The molecule has 2 rings (SSSR count). The molecule has 2 N–H and O–H groups in total. The Morgan fingerprint density at radius 3 is 2.90 bits per heavy atom. The van der Waals surface area contributed by atoms with Gasteiger partial charge in [-0.3, -0.25) is 4.79 Å². The summed E-state index contributed by atoms with van der Waals surface area (Å²) in [6, 6.07) is 10.1. The highest BCUT2D eigenvalue weighted by atomic mass is 16.5. The third kappa shape index (κ3) is 3.95. The molecule has 1 atom stereocenters. The second-order valence-corrected chi connectivity index (χ2v) is 4.69. The summed E-state index contributed by atoms with van der Waals surface area (Å²) in [5.41, 5.74) is 0.580. The molecule has 1 aromatic carbocycles. The van der Waals surface area contributed by atoms with Gasteiger partial charge in [-0.1, -0.05) is 13.0 Å². The summed E-state index contributed by atoms with van der Waals surface area (Å²) in [5, 5.41) is 12.3. The molecule has 0 bridgehead atoms. The van der Waals surface area contributed by atoms with Gasteiger partial charge in [0.25, 0.3) is 5.91 Å². The summed E-state index contributed by atoms with van der Waals surface area (Å²) in [6.45, 7) is 4.03. The van der Waals surface area contributed by atoms with Crippen molar-refractivity contribution in [2.24, 2.45) is 0 Å². The lowest BCUT2D eigenvalue weighted by Crippen LogP contribution is -2.14. The Labute approximate surface area is 123 Å². The van der Waals surface area contributed by atoms with Crippen LogP contribution in [0.3, 0.4) is 0 Å². The normalized spacial score (nSPS) is 11.7. The average Bonchev–Trinajstić information content (AvgIpc) is 2.47. The molecule has 0 aliphatic carbocycles. The highest BCUT2D eigenvalue weighted by Gasteiger charge is 2.12. The maximum Gasteiger partial charge on any atom is 0.278 e. The Morgan fingerprint density at radius 2 is 2.19 bits per heavy atom. The number of carbonyl (C=O) groups is 1. The lowest BCUT2D eigenvalue weighted by Gasteiger charge is -2.13. The molecule has 5 nitrogen and oxygen atoms in total. The number of hydrogen-bond acceptors (Lipinski definition) is 4. The van der Waals surface area contributed by atoms with Crippen LogP contribution in [0.2, 0.25) is 0 Å². The smallest absolute Gasteiger partial charge is 0.278 e. The number of nitrogens with zero attached hydrogens (tertiary/aromatic N) is 1. The standard InChI is InChI=1S/C16H18N2O3/c1-3-11(2)21-13-7-4-6-12(10-13)18-16(20)15-14(19)8-5-9-17-15/h4-11,19H,3H2,1-2H3,(H,18,20). The number of anilines is 1. The summed E-state index contributed by atoms with van der Waals surface area (Å²) in [7, 11) is 0. The predicted octanol–water partition coefficient (Wildman–Crippen LogP) is 3.22. The van der Waals surface area contributed by atoms with Gasteiger partial charge in [0, 0.05) is 18.0 Å². The topological polar surface area (TPSA) is 71.5 Å². The van der Waals surface area contributed by atoms with Crippen LogP contribution in [0, 0.1) is 0 Å². The van der Waals surface area contributed by atoms with Gasteiger partial charge in [0.1, 0.15) is 11.5 Å². The van der Waals surface area contributed by atoms with Gasteiger partial charge in [-0.05, 0) is 37.6 Å². The van der Waals surface area contributed by atoms with E-state index in [0.29, 0.717) is 11.4 Å². The lowest BCUT2D eigenvalue weighted by atomic mass is 10.2. The minimum absolute atomic E-state index is 0.00857. The number of benzene rings is 1. The number of hydrogen-bond donors (Lipinski definition) is 2.